The Morgan fingerprint density at radius 1 is 1.73 bits per heavy atom. The lowest BCUT2D eigenvalue weighted by Gasteiger charge is -2.23. The average molecular weight is 229 g/mol. The van der Waals surface area contributed by atoms with Gasteiger partial charge in [-0.05, 0) is 25.2 Å². The van der Waals surface area contributed by atoms with Gasteiger partial charge in [-0.15, -0.1) is 0 Å². The first-order chi connectivity index (χ1) is 7.16. The molecule has 1 N–H and O–H groups in total. The van der Waals surface area contributed by atoms with Crippen molar-refractivity contribution in [2.75, 3.05) is 0 Å². The highest BCUT2D eigenvalue weighted by atomic mass is 35.5. The third kappa shape index (κ3) is 2.31. The van der Waals surface area contributed by atoms with Crippen molar-refractivity contribution < 1.29 is 9.90 Å². The van der Waals surface area contributed by atoms with Crippen molar-refractivity contribution in [3.05, 3.63) is 17.2 Å². The van der Waals surface area contributed by atoms with Crippen LogP contribution in [-0.4, -0.2) is 20.6 Å². The van der Waals surface area contributed by atoms with Gasteiger partial charge in [-0.3, -0.25) is 4.79 Å². The van der Waals surface area contributed by atoms with Gasteiger partial charge in [0.25, 0.3) is 0 Å². The Labute approximate surface area is 92.9 Å². The fourth-order valence-electron chi connectivity index (χ4n) is 2.05. The summed E-state index contributed by atoms with van der Waals surface area (Å²) in [7, 11) is 0. The zero-order valence-corrected chi connectivity index (χ0v) is 9.07. The maximum atomic E-state index is 10.5. The molecule has 1 aliphatic heterocycles. The van der Waals surface area contributed by atoms with Crippen molar-refractivity contribution in [3.8, 4) is 0 Å². The van der Waals surface area contributed by atoms with Crippen LogP contribution in [0.1, 0.15) is 25.0 Å². The number of halogens is 1. The molecule has 0 aliphatic carbocycles. The van der Waals surface area contributed by atoms with Crippen LogP contribution in [0.2, 0.25) is 5.15 Å². The number of carbonyl (C=O) groups is 1. The number of aryl methyl sites for hydroxylation is 1. The largest absolute Gasteiger partial charge is 0.481 e. The summed E-state index contributed by atoms with van der Waals surface area (Å²) in [6, 6.07) is 0. The van der Waals surface area contributed by atoms with Crippen LogP contribution in [0.5, 0.6) is 0 Å². The number of hydrogen-bond acceptors (Lipinski definition) is 2. The first-order valence-electron chi connectivity index (χ1n) is 5.08. The Morgan fingerprint density at radius 3 is 3.27 bits per heavy atom. The number of carboxylic acids is 1. The molecule has 4 nitrogen and oxygen atoms in total. The monoisotopic (exact) mass is 228 g/mol. The summed E-state index contributed by atoms with van der Waals surface area (Å²) >= 11 is 5.94. The van der Waals surface area contributed by atoms with E-state index in [1.165, 1.54) is 0 Å². The maximum absolute atomic E-state index is 10.5. The minimum absolute atomic E-state index is 0.246. The third-order valence-corrected chi connectivity index (χ3v) is 3.24. The number of nitrogens with zero attached hydrogens (tertiary/aromatic N) is 2. The quantitative estimate of drug-likeness (QED) is 0.861. The minimum Gasteiger partial charge on any atom is -0.481 e. The molecule has 2 heterocycles. The molecule has 1 unspecified atom stereocenters. The van der Waals surface area contributed by atoms with Crippen LogP contribution in [0.4, 0.5) is 0 Å². The molecule has 1 aromatic rings. The Hall–Kier alpha value is -1.03. The van der Waals surface area contributed by atoms with Crippen LogP contribution in [-0.2, 0) is 17.8 Å². The van der Waals surface area contributed by atoms with Gasteiger partial charge in [0.2, 0.25) is 0 Å². The lowest BCUT2D eigenvalue weighted by molar-refractivity contribution is -0.137. The smallest absolute Gasteiger partial charge is 0.303 e. The zero-order chi connectivity index (χ0) is 10.8. The van der Waals surface area contributed by atoms with Gasteiger partial charge in [0.05, 0.1) is 12.0 Å². The van der Waals surface area contributed by atoms with Crippen LogP contribution < -0.4 is 0 Å². The molecule has 5 heteroatoms. The SMILES string of the molecule is O=C(O)CCC1CCn2cnc(Cl)c2C1. The van der Waals surface area contributed by atoms with Gasteiger partial charge in [0.15, 0.2) is 0 Å². The topological polar surface area (TPSA) is 55.1 Å². The maximum Gasteiger partial charge on any atom is 0.303 e. The van der Waals surface area contributed by atoms with Crippen molar-refractivity contribution in [1.29, 1.82) is 0 Å². The molecule has 1 atom stereocenters. The molecule has 1 aromatic heterocycles. The lowest BCUT2D eigenvalue weighted by Crippen LogP contribution is -2.19. The van der Waals surface area contributed by atoms with Crippen LogP contribution in [0.3, 0.4) is 0 Å². The van der Waals surface area contributed by atoms with E-state index in [0.29, 0.717) is 11.1 Å². The van der Waals surface area contributed by atoms with Gasteiger partial charge < -0.3 is 9.67 Å². The van der Waals surface area contributed by atoms with Crippen molar-refractivity contribution in [1.82, 2.24) is 9.55 Å². The van der Waals surface area contributed by atoms with Crippen molar-refractivity contribution in [3.63, 3.8) is 0 Å². The van der Waals surface area contributed by atoms with E-state index in [9.17, 15) is 4.79 Å². The van der Waals surface area contributed by atoms with Crippen LogP contribution >= 0.6 is 11.6 Å². The molecule has 15 heavy (non-hydrogen) atoms. The summed E-state index contributed by atoms with van der Waals surface area (Å²) in [5.74, 6) is -0.289. The second-order valence-electron chi connectivity index (χ2n) is 3.97. The summed E-state index contributed by atoms with van der Waals surface area (Å²) in [4.78, 5) is 14.5. The summed E-state index contributed by atoms with van der Waals surface area (Å²) in [5, 5.41) is 9.18. The predicted octanol–water partition coefficient (Wildman–Crippen LogP) is 1.96. The molecule has 0 aromatic carbocycles. The highest BCUT2D eigenvalue weighted by molar-refractivity contribution is 6.30. The Morgan fingerprint density at radius 2 is 2.53 bits per heavy atom. The van der Waals surface area contributed by atoms with Crippen LogP contribution in [0.25, 0.3) is 0 Å². The van der Waals surface area contributed by atoms with Crippen LogP contribution in [0.15, 0.2) is 6.33 Å². The number of aliphatic carboxylic acids is 1. The molecular formula is C10H13ClN2O2. The normalized spacial score (nSPS) is 19.9. The van der Waals surface area contributed by atoms with Gasteiger partial charge in [0, 0.05) is 13.0 Å². The molecular weight excluding hydrogens is 216 g/mol. The summed E-state index contributed by atoms with van der Waals surface area (Å²) < 4.78 is 2.06. The van der Waals surface area contributed by atoms with Gasteiger partial charge >= 0.3 is 5.97 Å². The van der Waals surface area contributed by atoms with Gasteiger partial charge in [-0.2, -0.15) is 0 Å². The van der Waals surface area contributed by atoms with E-state index in [2.05, 4.69) is 9.55 Å². The molecule has 0 saturated carbocycles. The van der Waals surface area contributed by atoms with E-state index in [1.54, 1.807) is 6.33 Å². The van der Waals surface area contributed by atoms with E-state index in [4.69, 9.17) is 16.7 Å². The number of hydrogen-bond donors (Lipinski definition) is 1. The second kappa shape index (κ2) is 4.23. The third-order valence-electron chi connectivity index (χ3n) is 2.92. The Bertz CT molecular complexity index is 375. The summed E-state index contributed by atoms with van der Waals surface area (Å²) in [5.41, 5.74) is 1.05. The zero-order valence-electron chi connectivity index (χ0n) is 8.32. The molecule has 2 rings (SSSR count). The second-order valence-corrected chi connectivity index (χ2v) is 4.32. The number of aromatic nitrogens is 2. The first-order valence-corrected chi connectivity index (χ1v) is 5.46. The Kier molecular flexibility index (Phi) is 2.95. The standard InChI is InChI=1S/C10H13ClN2O2/c11-10-8-5-7(1-2-9(14)15)3-4-13(8)6-12-10/h6-7H,1-5H2,(H,14,15). The molecule has 0 saturated heterocycles. The predicted molar refractivity (Wildman–Crippen MR) is 55.9 cm³/mol. The molecule has 0 radical (unpaired) electrons. The number of fused-ring (bicyclic) bond motifs is 1. The highest BCUT2D eigenvalue weighted by Gasteiger charge is 2.21. The van der Waals surface area contributed by atoms with Gasteiger partial charge in [0.1, 0.15) is 5.15 Å². The van der Waals surface area contributed by atoms with E-state index >= 15 is 0 Å². The molecule has 0 bridgehead atoms. The fraction of sp³-hybridized carbons (Fsp3) is 0.600. The van der Waals surface area contributed by atoms with E-state index in [0.717, 1.165) is 31.5 Å². The lowest BCUT2D eigenvalue weighted by atomic mass is 9.92. The number of carboxylic acid groups (broad SMARTS) is 1. The van der Waals surface area contributed by atoms with Crippen molar-refractivity contribution in [2.24, 2.45) is 5.92 Å². The first kappa shape index (κ1) is 10.5. The van der Waals surface area contributed by atoms with Crippen LogP contribution in [0, 0.1) is 5.92 Å². The molecule has 1 aliphatic rings. The van der Waals surface area contributed by atoms with E-state index in [-0.39, 0.29) is 6.42 Å². The van der Waals surface area contributed by atoms with Crippen molar-refractivity contribution in [2.45, 2.75) is 32.2 Å². The van der Waals surface area contributed by atoms with E-state index in [1.807, 2.05) is 0 Å². The Balaban J connectivity index is 1.99. The molecule has 0 amide bonds. The number of imidazole rings is 1. The summed E-state index contributed by atoms with van der Waals surface area (Å²) in [6.45, 7) is 0.902. The average Bonchev–Trinajstić information content (AvgIpc) is 2.57. The molecule has 82 valence electrons. The van der Waals surface area contributed by atoms with Gasteiger partial charge in [-0.25, -0.2) is 4.98 Å². The minimum atomic E-state index is -0.722. The van der Waals surface area contributed by atoms with Gasteiger partial charge in [-0.1, -0.05) is 11.6 Å². The van der Waals surface area contributed by atoms with E-state index < -0.39 is 5.97 Å². The molecule has 0 spiro atoms. The van der Waals surface area contributed by atoms with Crippen molar-refractivity contribution >= 4 is 17.6 Å². The molecule has 0 fully saturated rings. The number of rotatable bonds is 3. The fourth-order valence-corrected chi connectivity index (χ4v) is 2.28. The highest BCUT2D eigenvalue weighted by Crippen LogP contribution is 2.27. The summed E-state index contributed by atoms with van der Waals surface area (Å²) in [6.07, 6.45) is 4.61.